The molecule has 0 atom stereocenters. The molecule has 1 heterocycles. The van der Waals surface area contributed by atoms with Gasteiger partial charge in [0.25, 0.3) is 0 Å². The summed E-state index contributed by atoms with van der Waals surface area (Å²) in [4.78, 5) is 10.7. The Morgan fingerprint density at radius 3 is 2.59 bits per heavy atom. The van der Waals surface area contributed by atoms with E-state index in [0.717, 1.165) is 18.4 Å². The smallest absolute Gasteiger partial charge is 0.374 e. The highest BCUT2D eigenvalue weighted by molar-refractivity contribution is 5.85. The van der Waals surface area contributed by atoms with Crippen LogP contribution in [0.25, 0.3) is 11.3 Å². The van der Waals surface area contributed by atoms with Gasteiger partial charge in [0.1, 0.15) is 5.69 Å². The molecule has 0 aliphatic heterocycles. The zero-order valence-electron chi connectivity index (χ0n) is 9.51. The number of aryl methyl sites for hydroxylation is 1. The van der Waals surface area contributed by atoms with Crippen LogP contribution in [0.3, 0.4) is 0 Å². The molecule has 0 aliphatic carbocycles. The number of benzene rings is 1. The highest BCUT2D eigenvalue weighted by atomic mass is 16.5. The standard InChI is InChI=1S/C13H13NO3/c1-2-3-9-4-6-10(7-5-9)11-8-12(13(15)16)17-14-11/h4-8H,2-3H2,1H3,(H,15,16). The first-order valence-corrected chi connectivity index (χ1v) is 5.50. The number of carboxylic acids is 1. The van der Waals surface area contributed by atoms with Gasteiger partial charge in [0, 0.05) is 11.6 Å². The van der Waals surface area contributed by atoms with Crippen LogP contribution in [0.15, 0.2) is 34.9 Å². The van der Waals surface area contributed by atoms with Gasteiger partial charge in [-0.2, -0.15) is 0 Å². The molecule has 0 saturated heterocycles. The third-order valence-corrected chi connectivity index (χ3v) is 2.51. The first-order chi connectivity index (χ1) is 8.20. The third-order valence-electron chi connectivity index (χ3n) is 2.51. The van der Waals surface area contributed by atoms with E-state index < -0.39 is 5.97 Å². The molecular formula is C13H13NO3. The van der Waals surface area contributed by atoms with Crippen molar-refractivity contribution in [1.82, 2.24) is 5.16 Å². The van der Waals surface area contributed by atoms with Crippen LogP contribution in [0.5, 0.6) is 0 Å². The molecule has 4 nitrogen and oxygen atoms in total. The molecule has 0 aliphatic rings. The molecule has 0 saturated carbocycles. The van der Waals surface area contributed by atoms with Crippen molar-refractivity contribution in [3.8, 4) is 11.3 Å². The molecule has 2 aromatic rings. The van der Waals surface area contributed by atoms with Crippen LogP contribution in [0.4, 0.5) is 0 Å². The molecule has 1 N–H and O–H groups in total. The van der Waals surface area contributed by atoms with E-state index in [9.17, 15) is 4.79 Å². The molecule has 4 heteroatoms. The summed E-state index contributed by atoms with van der Waals surface area (Å²) in [6, 6.07) is 9.32. The summed E-state index contributed by atoms with van der Waals surface area (Å²) >= 11 is 0. The van der Waals surface area contributed by atoms with Crippen molar-refractivity contribution in [2.24, 2.45) is 0 Å². The third kappa shape index (κ3) is 2.53. The van der Waals surface area contributed by atoms with E-state index >= 15 is 0 Å². The van der Waals surface area contributed by atoms with Gasteiger partial charge in [-0.05, 0) is 12.0 Å². The minimum absolute atomic E-state index is 0.141. The molecule has 0 fully saturated rings. The van der Waals surface area contributed by atoms with Gasteiger partial charge >= 0.3 is 5.97 Å². The maximum absolute atomic E-state index is 10.7. The molecule has 0 unspecified atom stereocenters. The number of aromatic nitrogens is 1. The van der Waals surface area contributed by atoms with Crippen LogP contribution in [-0.4, -0.2) is 16.2 Å². The van der Waals surface area contributed by atoms with Crippen LogP contribution in [0.2, 0.25) is 0 Å². The quantitative estimate of drug-likeness (QED) is 0.878. The average Bonchev–Trinajstić information content (AvgIpc) is 2.80. The number of carbonyl (C=O) groups is 1. The Morgan fingerprint density at radius 1 is 1.35 bits per heavy atom. The van der Waals surface area contributed by atoms with Crippen molar-refractivity contribution >= 4 is 5.97 Å². The zero-order valence-corrected chi connectivity index (χ0v) is 9.51. The summed E-state index contributed by atoms with van der Waals surface area (Å²) in [6.07, 6.45) is 2.14. The lowest BCUT2D eigenvalue weighted by Gasteiger charge is -1.99. The van der Waals surface area contributed by atoms with Crippen molar-refractivity contribution in [1.29, 1.82) is 0 Å². The average molecular weight is 231 g/mol. The molecule has 0 bridgehead atoms. The second-order valence-electron chi connectivity index (χ2n) is 3.83. The van der Waals surface area contributed by atoms with E-state index in [4.69, 9.17) is 9.63 Å². The molecule has 0 amide bonds. The number of carboxylic acid groups (broad SMARTS) is 1. The van der Waals surface area contributed by atoms with E-state index in [-0.39, 0.29) is 5.76 Å². The van der Waals surface area contributed by atoms with Gasteiger partial charge in [-0.15, -0.1) is 0 Å². The fraction of sp³-hybridized carbons (Fsp3) is 0.231. The van der Waals surface area contributed by atoms with Crippen LogP contribution < -0.4 is 0 Å². The van der Waals surface area contributed by atoms with Gasteiger partial charge in [0.2, 0.25) is 5.76 Å². The maximum Gasteiger partial charge on any atom is 0.374 e. The highest BCUT2D eigenvalue weighted by Gasteiger charge is 2.11. The Bertz CT molecular complexity index is 514. The maximum atomic E-state index is 10.7. The van der Waals surface area contributed by atoms with Crippen molar-refractivity contribution in [3.05, 3.63) is 41.7 Å². The number of rotatable bonds is 4. The van der Waals surface area contributed by atoms with E-state index in [2.05, 4.69) is 12.1 Å². The fourth-order valence-corrected chi connectivity index (χ4v) is 1.64. The van der Waals surface area contributed by atoms with Gasteiger partial charge < -0.3 is 9.63 Å². The predicted octanol–water partition coefficient (Wildman–Crippen LogP) is 2.99. The number of aromatic carboxylic acids is 1. The summed E-state index contributed by atoms with van der Waals surface area (Å²) in [5.41, 5.74) is 2.67. The molecule has 0 spiro atoms. The Balaban J connectivity index is 2.23. The number of hydrogen-bond donors (Lipinski definition) is 1. The Morgan fingerprint density at radius 2 is 2.06 bits per heavy atom. The van der Waals surface area contributed by atoms with E-state index in [1.165, 1.54) is 11.6 Å². The molecule has 1 aromatic carbocycles. The lowest BCUT2D eigenvalue weighted by Crippen LogP contribution is -1.91. The summed E-state index contributed by atoms with van der Waals surface area (Å²) < 4.78 is 4.71. The minimum atomic E-state index is -1.11. The molecule has 1 aromatic heterocycles. The van der Waals surface area contributed by atoms with Crippen molar-refractivity contribution in [2.45, 2.75) is 19.8 Å². The Hall–Kier alpha value is -2.10. The lowest BCUT2D eigenvalue weighted by atomic mass is 10.1. The van der Waals surface area contributed by atoms with Crippen LogP contribution in [-0.2, 0) is 6.42 Å². The number of hydrogen-bond acceptors (Lipinski definition) is 3. The van der Waals surface area contributed by atoms with Crippen molar-refractivity contribution in [3.63, 3.8) is 0 Å². The highest BCUT2D eigenvalue weighted by Crippen LogP contribution is 2.20. The van der Waals surface area contributed by atoms with Crippen LogP contribution >= 0.6 is 0 Å². The lowest BCUT2D eigenvalue weighted by molar-refractivity contribution is 0.0652. The first kappa shape index (κ1) is 11.4. The molecular weight excluding hydrogens is 218 g/mol. The molecule has 2 rings (SSSR count). The van der Waals surface area contributed by atoms with Gasteiger partial charge in [-0.25, -0.2) is 4.79 Å². The topological polar surface area (TPSA) is 63.3 Å². The predicted molar refractivity (Wildman–Crippen MR) is 62.9 cm³/mol. The fourth-order valence-electron chi connectivity index (χ4n) is 1.64. The largest absolute Gasteiger partial charge is 0.475 e. The Labute approximate surface area is 98.9 Å². The van der Waals surface area contributed by atoms with Crippen LogP contribution in [0.1, 0.15) is 29.5 Å². The summed E-state index contributed by atoms with van der Waals surface area (Å²) in [5.74, 6) is -1.25. The second kappa shape index (κ2) is 4.82. The first-order valence-electron chi connectivity index (χ1n) is 5.50. The second-order valence-corrected chi connectivity index (χ2v) is 3.83. The van der Waals surface area contributed by atoms with Crippen molar-refractivity contribution < 1.29 is 14.4 Å². The molecule has 17 heavy (non-hydrogen) atoms. The molecule has 0 radical (unpaired) electrons. The van der Waals surface area contributed by atoms with Crippen LogP contribution in [0, 0.1) is 0 Å². The van der Waals surface area contributed by atoms with Gasteiger partial charge in [0.05, 0.1) is 0 Å². The monoisotopic (exact) mass is 231 g/mol. The summed E-state index contributed by atoms with van der Waals surface area (Å²) in [7, 11) is 0. The minimum Gasteiger partial charge on any atom is -0.475 e. The van der Waals surface area contributed by atoms with E-state index in [1.54, 1.807) is 0 Å². The summed E-state index contributed by atoms with van der Waals surface area (Å²) in [6.45, 7) is 2.13. The van der Waals surface area contributed by atoms with Gasteiger partial charge in [-0.3, -0.25) is 0 Å². The SMILES string of the molecule is CCCc1ccc(-c2cc(C(=O)O)on2)cc1. The van der Waals surface area contributed by atoms with Gasteiger partial charge in [0.15, 0.2) is 0 Å². The van der Waals surface area contributed by atoms with E-state index in [0.29, 0.717) is 5.69 Å². The summed E-state index contributed by atoms with van der Waals surface area (Å²) in [5, 5.41) is 12.5. The zero-order chi connectivity index (χ0) is 12.3. The van der Waals surface area contributed by atoms with Gasteiger partial charge in [-0.1, -0.05) is 42.8 Å². The normalized spacial score (nSPS) is 10.4. The Kier molecular flexibility index (Phi) is 3.23. The number of nitrogens with zero attached hydrogens (tertiary/aromatic N) is 1. The van der Waals surface area contributed by atoms with E-state index in [1.807, 2.05) is 24.3 Å². The van der Waals surface area contributed by atoms with Crippen molar-refractivity contribution in [2.75, 3.05) is 0 Å². The molecule has 88 valence electrons.